The van der Waals surface area contributed by atoms with Gasteiger partial charge in [0.05, 0.1) is 0 Å². The molecule has 0 spiro atoms. The van der Waals surface area contributed by atoms with Crippen molar-refractivity contribution in [1.82, 2.24) is 14.8 Å². The fraction of sp³-hybridized carbons (Fsp3) is 0.333. The second-order valence-electron chi connectivity index (χ2n) is 6.91. The molecule has 1 aliphatic heterocycles. The average molecular weight is 319 g/mol. The van der Waals surface area contributed by atoms with Crippen LogP contribution < -0.4 is 0 Å². The summed E-state index contributed by atoms with van der Waals surface area (Å²) in [7, 11) is 2.22. The fourth-order valence-electron chi connectivity index (χ4n) is 3.60. The number of nitrogens with one attached hydrogen (secondary N) is 1. The first-order chi connectivity index (χ1) is 11.8. The summed E-state index contributed by atoms with van der Waals surface area (Å²) in [5, 5.41) is 1.27. The van der Waals surface area contributed by atoms with Crippen LogP contribution in [0.1, 0.15) is 12.0 Å². The van der Waals surface area contributed by atoms with Crippen LogP contribution in [0.15, 0.2) is 54.7 Å². The molecule has 3 nitrogen and oxygen atoms in total. The highest BCUT2D eigenvalue weighted by molar-refractivity contribution is 5.85. The van der Waals surface area contributed by atoms with Crippen molar-refractivity contribution in [3.05, 3.63) is 60.3 Å². The zero-order valence-corrected chi connectivity index (χ0v) is 14.3. The van der Waals surface area contributed by atoms with Crippen LogP contribution in [0.2, 0.25) is 0 Å². The minimum atomic E-state index is 1.05. The molecule has 0 amide bonds. The van der Waals surface area contributed by atoms with Crippen molar-refractivity contribution in [2.45, 2.75) is 13.0 Å². The van der Waals surface area contributed by atoms with E-state index in [2.05, 4.69) is 70.4 Å². The van der Waals surface area contributed by atoms with Gasteiger partial charge in [-0.25, -0.2) is 0 Å². The maximum Gasteiger partial charge on any atom is 0.0454 e. The number of aromatic amines is 1. The lowest BCUT2D eigenvalue weighted by Crippen LogP contribution is -2.28. The highest BCUT2D eigenvalue weighted by atomic mass is 15.2. The molecule has 0 radical (unpaired) electrons. The van der Waals surface area contributed by atoms with Crippen LogP contribution >= 0.6 is 0 Å². The van der Waals surface area contributed by atoms with Crippen molar-refractivity contribution in [2.24, 2.45) is 0 Å². The third-order valence-corrected chi connectivity index (χ3v) is 5.03. The van der Waals surface area contributed by atoms with Crippen molar-refractivity contribution in [1.29, 1.82) is 0 Å². The number of rotatable bonds is 3. The molecule has 1 aromatic heterocycles. The number of H-pyrrole nitrogens is 1. The first-order valence-corrected chi connectivity index (χ1v) is 8.85. The third kappa shape index (κ3) is 3.37. The summed E-state index contributed by atoms with van der Waals surface area (Å²) in [6.07, 6.45) is 3.27. The Kier molecular flexibility index (Phi) is 4.37. The number of hydrogen-bond acceptors (Lipinski definition) is 2. The van der Waals surface area contributed by atoms with Gasteiger partial charge in [0.25, 0.3) is 0 Å². The van der Waals surface area contributed by atoms with E-state index in [4.69, 9.17) is 0 Å². The van der Waals surface area contributed by atoms with Crippen LogP contribution in [0.4, 0.5) is 0 Å². The molecule has 0 unspecified atom stereocenters. The van der Waals surface area contributed by atoms with Gasteiger partial charge in [0, 0.05) is 31.3 Å². The van der Waals surface area contributed by atoms with Gasteiger partial charge in [-0.1, -0.05) is 24.3 Å². The minimum Gasteiger partial charge on any atom is -0.361 e. The van der Waals surface area contributed by atoms with Gasteiger partial charge in [-0.2, -0.15) is 0 Å². The number of fused-ring (bicyclic) bond motifs is 1. The number of benzene rings is 2. The molecular weight excluding hydrogens is 294 g/mol. The Balaban J connectivity index is 1.54. The molecule has 3 heteroatoms. The van der Waals surface area contributed by atoms with Crippen LogP contribution in [-0.2, 0) is 6.54 Å². The van der Waals surface area contributed by atoms with Crippen molar-refractivity contribution >= 4 is 10.9 Å². The van der Waals surface area contributed by atoms with Gasteiger partial charge in [0.2, 0.25) is 0 Å². The van der Waals surface area contributed by atoms with E-state index in [-0.39, 0.29) is 0 Å². The monoisotopic (exact) mass is 319 g/mol. The van der Waals surface area contributed by atoms with Crippen molar-refractivity contribution in [3.8, 4) is 11.1 Å². The summed E-state index contributed by atoms with van der Waals surface area (Å²) in [6.45, 7) is 5.80. The molecule has 1 N–H and O–H groups in total. The van der Waals surface area contributed by atoms with Crippen LogP contribution in [-0.4, -0.2) is 48.0 Å². The lowest BCUT2D eigenvalue weighted by atomic mass is 10.0. The fourth-order valence-corrected chi connectivity index (χ4v) is 3.60. The average Bonchev–Trinajstić information content (AvgIpc) is 2.98. The van der Waals surface area contributed by atoms with Crippen molar-refractivity contribution in [3.63, 3.8) is 0 Å². The smallest absolute Gasteiger partial charge is 0.0454 e. The number of aromatic nitrogens is 1. The highest BCUT2D eigenvalue weighted by Crippen LogP contribution is 2.25. The molecule has 2 heterocycles. The molecule has 0 atom stereocenters. The normalized spacial score (nSPS) is 17.2. The second kappa shape index (κ2) is 6.80. The summed E-state index contributed by atoms with van der Waals surface area (Å²) in [6, 6.07) is 17.8. The first kappa shape index (κ1) is 15.4. The Bertz CT molecular complexity index is 821. The van der Waals surface area contributed by atoms with E-state index < -0.39 is 0 Å². The van der Waals surface area contributed by atoms with Gasteiger partial charge in [-0.3, -0.25) is 4.90 Å². The standard InChI is InChI=1S/C21H25N3/c1-23-10-3-11-24(13-12-23)16-17-4-2-5-18(14-17)19-6-7-21-20(15-19)8-9-22-21/h2,4-9,14-15,22H,3,10-13,16H2,1H3. The maximum atomic E-state index is 3.26. The van der Waals surface area contributed by atoms with E-state index in [9.17, 15) is 0 Å². The molecule has 24 heavy (non-hydrogen) atoms. The quantitative estimate of drug-likeness (QED) is 0.789. The van der Waals surface area contributed by atoms with Crippen molar-refractivity contribution < 1.29 is 0 Å². The van der Waals surface area contributed by atoms with Crippen LogP contribution in [0.3, 0.4) is 0 Å². The van der Waals surface area contributed by atoms with E-state index in [1.54, 1.807) is 0 Å². The lowest BCUT2D eigenvalue weighted by molar-refractivity contribution is 0.269. The maximum absolute atomic E-state index is 3.26. The van der Waals surface area contributed by atoms with E-state index in [1.165, 1.54) is 53.6 Å². The Labute approximate surface area is 143 Å². The molecule has 1 fully saturated rings. The third-order valence-electron chi connectivity index (χ3n) is 5.03. The van der Waals surface area contributed by atoms with E-state index >= 15 is 0 Å². The van der Waals surface area contributed by atoms with E-state index in [1.807, 2.05) is 6.20 Å². The van der Waals surface area contributed by atoms with Crippen LogP contribution in [0, 0.1) is 0 Å². The predicted molar refractivity (Wildman–Crippen MR) is 101 cm³/mol. The molecule has 1 saturated heterocycles. The molecule has 2 aromatic carbocycles. The molecule has 3 aromatic rings. The molecule has 4 rings (SSSR count). The Morgan fingerprint density at radius 1 is 0.917 bits per heavy atom. The highest BCUT2D eigenvalue weighted by Gasteiger charge is 2.12. The number of hydrogen-bond donors (Lipinski definition) is 1. The van der Waals surface area contributed by atoms with Gasteiger partial charge in [0.1, 0.15) is 0 Å². The second-order valence-corrected chi connectivity index (χ2v) is 6.91. The van der Waals surface area contributed by atoms with E-state index in [0.29, 0.717) is 0 Å². The van der Waals surface area contributed by atoms with Gasteiger partial charge in [-0.05, 0) is 72.9 Å². The Morgan fingerprint density at radius 3 is 2.79 bits per heavy atom. The number of likely N-dealkylation sites (N-methyl/N-ethyl adjacent to an activating group) is 1. The Morgan fingerprint density at radius 2 is 1.83 bits per heavy atom. The molecule has 124 valence electrons. The molecule has 1 aliphatic rings. The van der Waals surface area contributed by atoms with Crippen LogP contribution in [0.5, 0.6) is 0 Å². The van der Waals surface area contributed by atoms with Gasteiger partial charge in [0.15, 0.2) is 0 Å². The molecule has 0 saturated carbocycles. The summed E-state index contributed by atoms with van der Waals surface area (Å²) >= 11 is 0. The summed E-state index contributed by atoms with van der Waals surface area (Å²) in [5.41, 5.74) is 5.21. The molecule has 0 bridgehead atoms. The molecular formula is C21H25N3. The zero-order chi connectivity index (χ0) is 16.4. The summed E-state index contributed by atoms with van der Waals surface area (Å²) in [4.78, 5) is 8.28. The summed E-state index contributed by atoms with van der Waals surface area (Å²) < 4.78 is 0. The van der Waals surface area contributed by atoms with Gasteiger partial charge >= 0.3 is 0 Å². The largest absolute Gasteiger partial charge is 0.361 e. The zero-order valence-electron chi connectivity index (χ0n) is 14.3. The summed E-state index contributed by atoms with van der Waals surface area (Å²) in [5.74, 6) is 0. The Hall–Kier alpha value is -2.10. The van der Waals surface area contributed by atoms with Crippen molar-refractivity contribution in [2.75, 3.05) is 33.2 Å². The SMILES string of the molecule is CN1CCCN(Cc2cccc(-c3ccc4[nH]ccc4c3)c2)CC1. The minimum absolute atomic E-state index is 1.05. The topological polar surface area (TPSA) is 22.3 Å². The van der Waals surface area contributed by atoms with Gasteiger partial charge < -0.3 is 9.88 Å². The number of nitrogens with zero attached hydrogens (tertiary/aromatic N) is 2. The predicted octanol–water partition coefficient (Wildman–Crippen LogP) is 3.97. The molecule has 0 aliphatic carbocycles. The van der Waals surface area contributed by atoms with Crippen LogP contribution in [0.25, 0.3) is 22.0 Å². The lowest BCUT2D eigenvalue weighted by Gasteiger charge is -2.20. The van der Waals surface area contributed by atoms with Gasteiger partial charge in [-0.15, -0.1) is 0 Å². The van der Waals surface area contributed by atoms with E-state index in [0.717, 1.165) is 13.1 Å². The first-order valence-electron chi connectivity index (χ1n) is 8.85.